The van der Waals surface area contributed by atoms with Crippen molar-refractivity contribution in [3.05, 3.63) is 64.5 Å². The molecule has 6 heteroatoms. The van der Waals surface area contributed by atoms with Gasteiger partial charge in [0.2, 0.25) is 0 Å². The Kier molecular flexibility index (Phi) is 4.86. The standard InChI is InChI=1S/C18H16N2O3S/c1-20(10-13-7-9-24-12-13)16(21)11-23-18(22)15-6-2-4-14-5-3-8-19-17(14)15/h2-9,12H,10-11H2,1H3. The summed E-state index contributed by atoms with van der Waals surface area (Å²) in [5, 5.41) is 4.80. The molecular weight excluding hydrogens is 324 g/mol. The number of fused-ring (bicyclic) bond motifs is 1. The number of esters is 1. The number of amides is 1. The van der Waals surface area contributed by atoms with Crippen LogP contribution in [0.4, 0.5) is 0 Å². The van der Waals surface area contributed by atoms with Crippen LogP contribution in [-0.4, -0.2) is 35.4 Å². The Balaban J connectivity index is 1.63. The van der Waals surface area contributed by atoms with E-state index in [1.54, 1.807) is 42.8 Å². The number of pyridine rings is 1. The average Bonchev–Trinajstić information content (AvgIpc) is 3.11. The maximum Gasteiger partial charge on any atom is 0.340 e. The van der Waals surface area contributed by atoms with Crippen LogP contribution in [0.15, 0.2) is 53.4 Å². The molecule has 0 spiro atoms. The lowest BCUT2D eigenvalue weighted by Gasteiger charge is -2.16. The van der Waals surface area contributed by atoms with Gasteiger partial charge in [0.05, 0.1) is 11.1 Å². The Hall–Kier alpha value is -2.73. The quantitative estimate of drug-likeness (QED) is 0.670. The number of nitrogens with zero attached hydrogens (tertiary/aromatic N) is 2. The van der Waals surface area contributed by atoms with Crippen LogP contribution in [0, 0.1) is 0 Å². The van der Waals surface area contributed by atoms with E-state index in [4.69, 9.17) is 4.74 Å². The predicted molar refractivity (Wildman–Crippen MR) is 92.8 cm³/mol. The highest BCUT2D eigenvalue weighted by Crippen LogP contribution is 2.17. The van der Waals surface area contributed by atoms with Crippen LogP contribution >= 0.6 is 11.3 Å². The largest absolute Gasteiger partial charge is 0.452 e. The van der Waals surface area contributed by atoms with Gasteiger partial charge in [-0.2, -0.15) is 11.3 Å². The first-order valence-electron chi connectivity index (χ1n) is 7.41. The smallest absolute Gasteiger partial charge is 0.340 e. The van der Waals surface area contributed by atoms with Crippen molar-refractivity contribution < 1.29 is 14.3 Å². The summed E-state index contributed by atoms with van der Waals surface area (Å²) in [5.74, 6) is -0.792. The Bertz CT molecular complexity index is 856. The summed E-state index contributed by atoms with van der Waals surface area (Å²) in [5.41, 5.74) is 1.99. The van der Waals surface area contributed by atoms with Gasteiger partial charge < -0.3 is 9.64 Å². The minimum Gasteiger partial charge on any atom is -0.452 e. The van der Waals surface area contributed by atoms with E-state index in [9.17, 15) is 9.59 Å². The second-order valence-corrected chi connectivity index (χ2v) is 6.12. The van der Waals surface area contributed by atoms with Crippen LogP contribution < -0.4 is 0 Å². The number of thiophene rings is 1. The lowest BCUT2D eigenvalue weighted by molar-refractivity contribution is -0.133. The summed E-state index contributed by atoms with van der Waals surface area (Å²) in [6.45, 7) is 0.207. The summed E-state index contributed by atoms with van der Waals surface area (Å²) >= 11 is 1.58. The molecule has 1 aromatic carbocycles. The third-order valence-electron chi connectivity index (χ3n) is 3.60. The van der Waals surface area contributed by atoms with Gasteiger partial charge in [0, 0.05) is 25.2 Å². The van der Waals surface area contributed by atoms with E-state index in [2.05, 4.69) is 4.98 Å². The SMILES string of the molecule is CN(Cc1ccsc1)C(=O)COC(=O)c1cccc2cccnc12. The van der Waals surface area contributed by atoms with Crippen LogP contribution in [0.1, 0.15) is 15.9 Å². The molecule has 0 aliphatic carbocycles. The van der Waals surface area contributed by atoms with Gasteiger partial charge in [0.1, 0.15) is 0 Å². The van der Waals surface area contributed by atoms with Gasteiger partial charge in [-0.25, -0.2) is 4.79 Å². The number of likely N-dealkylation sites (N-methyl/N-ethyl adjacent to an activating group) is 1. The number of carbonyl (C=O) groups excluding carboxylic acids is 2. The zero-order chi connectivity index (χ0) is 16.9. The highest BCUT2D eigenvalue weighted by molar-refractivity contribution is 7.07. The predicted octanol–water partition coefficient (Wildman–Crippen LogP) is 3.11. The molecule has 0 atom stereocenters. The molecule has 0 bridgehead atoms. The average molecular weight is 340 g/mol. The third-order valence-corrected chi connectivity index (χ3v) is 4.34. The lowest BCUT2D eigenvalue weighted by atomic mass is 10.1. The molecule has 0 N–H and O–H groups in total. The van der Waals surface area contributed by atoms with Gasteiger partial charge in [0.25, 0.3) is 5.91 Å². The molecule has 3 aromatic rings. The molecule has 0 fully saturated rings. The molecule has 5 nitrogen and oxygen atoms in total. The number of rotatable bonds is 5. The lowest BCUT2D eigenvalue weighted by Crippen LogP contribution is -2.30. The minimum atomic E-state index is -0.545. The van der Waals surface area contributed by atoms with E-state index in [-0.39, 0.29) is 12.5 Å². The van der Waals surface area contributed by atoms with Crippen LogP contribution in [0.2, 0.25) is 0 Å². The van der Waals surface area contributed by atoms with Crippen molar-refractivity contribution in [1.29, 1.82) is 0 Å². The molecule has 0 radical (unpaired) electrons. The molecule has 0 aliphatic rings. The van der Waals surface area contributed by atoms with Crippen LogP contribution in [0.5, 0.6) is 0 Å². The number of carbonyl (C=O) groups is 2. The molecule has 0 saturated carbocycles. The Morgan fingerprint density at radius 1 is 1.21 bits per heavy atom. The van der Waals surface area contributed by atoms with Crippen molar-refractivity contribution in [3.63, 3.8) is 0 Å². The molecule has 1 amide bonds. The molecule has 2 heterocycles. The number of ether oxygens (including phenoxy) is 1. The van der Waals surface area contributed by atoms with Gasteiger partial charge in [-0.1, -0.05) is 18.2 Å². The number of benzene rings is 1. The van der Waals surface area contributed by atoms with Gasteiger partial charge in [-0.05, 0) is 34.5 Å². The Morgan fingerprint density at radius 2 is 2.04 bits per heavy atom. The van der Waals surface area contributed by atoms with Crippen LogP contribution in [-0.2, 0) is 16.1 Å². The first-order chi connectivity index (χ1) is 11.6. The van der Waals surface area contributed by atoms with Gasteiger partial charge in [-0.3, -0.25) is 9.78 Å². The van der Waals surface area contributed by atoms with Crippen molar-refractivity contribution in [2.45, 2.75) is 6.54 Å². The van der Waals surface area contributed by atoms with Crippen molar-refractivity contribution in [3.8, 4) is 0 Å². The zero-order valence-corrected chi connectivity index (χ0v) is 14.0. The van der Waals surface area contributed by atoms with E-state index < -0.39 is 5.97 Å². The van der Waals surface area contributed by atoms with Crippen molar-refractivity contribution in [2.24, 2.45) is 0 Å². The van der Waals surface area contributed by atoms with Crippen molar-refractivity contribution in [2.75, 3.05) is 13.7 Å². The van der Waals surface area contributed by atoms with Gasteiger partial charge in [-0.15, -0.1) is 0 Å². The molecule has 122 valence electrons. The maximum atomic E-state index is 12.3. The summed E-state index contributed by atoms with van der Waals surface area (Å²) in [4.78, 5) is 30.1. The molecule has 0 unspecified atom stereocenters. The summed E-state index contributed by atoms with van der Waals surface area (Å²) in [7, 11) is 1.69. The normalized spacial score (nSPS) is 10.5. The zero-order valence-electron chi connectivity index (χ0n) is 13.1. The highest BCUT2D eigenvalue weighted by atomic mass is 32.1. The third kappa shape index (κ3) is 3.60. The highest BCUT2D eigenvalue weighted by Gasteiger charge is 2.16. The monoisotopic (exact) mass is 340 g/mol. The van der Waals surface area contributed by atoms with E-state index in [0.717, 1.165) is 10.9 Å². The summed E-state index contributed by atoms with van der Waals surface area (Å²) < 4.78 is 5.17. The number of para-hydroxylation sites is 1. The Morgan fingerprint density at radius 3 is 2.83 bits per heavy atom. The maximum absolute atomic E-state index is 12.3. The number of hydrogen-bond acceptors (Lipinski definition) is 5. The van der Waals surface area contributed by atoms with Crippen LogP contribution in [0.25, 0.3) is 10.9 Å². The first-order valence-corrected chi connectivity index (χ1v) is 8.35. The van der Waals surface area contributed by atoms with Crippen LogP contribution in [0.3, 0.4) is 0 Å². The summed E-state index contributed by atoms with van der Waals surface area (Å²) in [6.07, 6.45) is 1.62. The fourth-order valence-corrected chi connectivity index (χ4v) is 2.99. The topological polar surface area (TPSA) is 59.5 Å². The van der Waals surface area contributed by atoms with E-state index in [1.165, 1.54) is 4.90 Å². The minimum absolute atomic E-state index is 0.247. The molecule has 0 saturated heterocycles. The molecule has 3 rings (SSSR count). The van der Waals surface area contributed by atoms with E-state index in [0.29, 0.717) is 17.6 Å². The molecule has 0 aliphatic heterocycles. The number of hydrogen-bond donors (Lipinski definition) is 0. The summed E-state index contributed by atoms with van der Waals surface area (Å²) in [6, 6.07) is 10.9. The molecule has 2 aromatic heterocycles. The first kappa shape index (κ1) is 16.1. The van der Waals surface area contributed by atoms with Gasteiger partial charge in [0.15, 0.2) is 6.61 Å². The van der Waals surface area contributed by atoms with Crippen molar-refractivity contribution >= 4 is 34.1 Å². The van der Waals surface area contributed by atoms with Crippen molar-refractivity contribution in [1.82, 2.24) is 9.88 Å². The molecular formula is C18H16N2O3S. The fourth-order valence-electron chi connectivity index (χ4n) is 2.33. The van der Waals surface area contributed by atoms with E-state index in [1.807, 2.05) is 29.0 Å². The number of aromatic nitrogens is 1. The van der Waals surface area contributed by atoms with Gasteiger partial charge >= 0.3 is 5.97 Å². The second-order valence-electron chi connectivity index (χ2n) is 5.34. The Labute approximate surface area is 143 Å². The second kappa shape index (κ2) is 7.23. The van der Waals surface area contributed by atoms with E-state index >= 15 is 0 Å². The fraction of sp³-hybridized carbons (Fsp3) is 0.167. The molecule has 24 heavy (non-hydrogen) atoms.